The fourth-order valence-corrected chi connectivity index (χ4v) is 4.64. The monoisotopic (exact) mass is 328 g/mol. The Hall–Kier alpha value is -1.46. The molecule has 0 N–H and O–H groups in total. The van der Waals surface area contributed by atoms with Crippen molar-refractivity contribution in [2.45, 2.75) is 38.1 Å². The van der Waals surface area contributed by atoms with E-state index in [-0.39, 0.29) is 0 Å². The first-order chi connectivity index (χ1) is 11.4. The number of piperazine rings is 1. The standard InChI is InChI=1S/C18H24N4S/c1-2-6-15(5-1)18-20-16(14-23-18)13-21-9-11-22(12-10-21)17-7-3-4-8-19-17/h3-4,7-8,14-15H,1-2,5-6,9-13H2. The van der Waals surface area contributed by atoms with E-state index >= 15 is 0 Å². The molecule has 5 heteroatoms. The van der Waals surface area contributed by atoms with Crippen molar-refractivity contribution in [3.8, 4) is 0 Å². The molecule has 1 saturated carbocycles. The highest BCUT2D eigenvalue weighted by atomic mass is 32.1. The van der Waals surface area contributed by atoms with Gasteiger partial charge in [-0.2, -0.15) is 0 Å². The van der Waals surface area contributed by atoms with E-state index in [1.165, 1.54) is 36.4 Å². The first-order valence-corrected chi connectivity index (χ1v) is 9.59. The van der Waals surface area contributed by atoms with Gasteiger partial charge in [-0.1, -0.05) is 18.9 Å². The van der Waals surface area contributed by atoms with Crippen molar-refractivity contribution in [1.82, 2.24) is 14.9 Å². The normalized spacial score (nSPS) is 20.3. The molecule has 0 aromatic carbocycles. The lowest BCUT2D eigenvalue weighted by Gasteiger charge is -2.35. The van der Waals surface area contributed by atoms with Gasteiger partial charge in [-0.3, -0.25) is 4.90 Å². The van der Waals surface area contributed by atoms with E-state index in [4.69, 9.17) is 4.98 Å². The van der Waals surface area contributed by atoms with Crippen LogP contribution in [0.3, 0.4) is 0 Å². The molecule has 2 aliphatic rings. The van der Waals surface area contributed by atoms with Crippen LogP contribution in [0.5, 0.6) is 0 Å². The fourth-order valence-electron chi connectivity index (χ4n) is 3.66. The molecular weight excluding hydrogens is 304 g/mol. The Morgan fingerprint density at radius 1 is 1.09 bits per heavy atom. The zero-order valence-electron chi connectivity index (χ0n) is 13.5. The minimum absolute atomic E-state index is 0.745. The molecule has 0 bridgehead atoms. The number of aromatic nitrogens is 2. The van der Waals surface area contributed by atoms with Crippen LogP contribution in [0.15, 0.2) is 29.8 Å². The van der Waals surface area contributed by atoms with E-state index in [2.05, 4.69) is 32.3 Å². The quantitative estimate of drug-likeness (QED) is 0.859. The van der Waals surface area contributed by atoms with Crippen LogP contribution in [0, 0.1) is 0 Å². The molecule has 23 heavy (non-hydrogen) atoms. The van der Waals surface area contributed by atoms with E-state index in [9.17, 15) is 0 Å². The lowest BCUT2D eigenvalue weighted by atomic mass is 10.1. The average molecular weight is 328 g/mol. The highest BCUT2D eigenvalue weighted by Crippen LogP contribution is 2.35. The maximum atomic E-state index is 4.91. The Morgan fingerprint density at radius 3 is 2.65 bits per heavy atom. The second kappa shape index (κ2) is 6.97. The Morgan fingerprint density at radius 2 is 1.91 bits per heavy atom. The van der Waals surface area contributed by atoms with Gasteiger partial charge in [-0.15, -0.1) is 11.3 Å². The number of anilines is 1. The van der Waals surface area contributed by atoms with Gasteiger partial charge in [-0.25, -0.2) is 9.97 Å². The molecule has 1 aliphatic heterocycles. The van der Waals surface area contributed by atoms with Crippen LogP contribution in [-0.4, -0.2) is 41.0 Å². The molecule has 2 aromatic rings. The fraction of sp³-hybridized carbons (Fsp3) is 0.556. The Labute approximate surface area is 142 Å². The van der Waals surface area contributed by atoms with Crippen LogP contribution >= 0.6 is 11.3 Å². The first-order valence-electron chi connectivity index (χ1n) is 8.71. The number of hydrogen-bond acceptors (Lipinski definition) is 5. The summed E-state index contributed by atoms with van der Waals surface area (Å²) in [6.07, 6.45) is 7.33. The van der Waals surface area contributed by atoms with E-state index < -0.39 is 0 Å². The van der Waals surface area contributed by atoms with Crippen molar-refractivity contribution in [2.75, 3.05) is 31.1 Å². The van der Waals surface area contributed by atoms with Crippen LogP contribution in [-0.2, 0) is 6.54 Å². The Kier molecular flexibility index (Phi) is 4.57. The van der Waals surface area contributed by atoms with Gasteiger partial charge in [0.25, 0.3) is 0 Å². The summed E-state index contributed by atoms with van der Waals surface area (Å²) in [5, 5.41) is 3.66. The molecule has 0 spiro atoms. The minimum atomic E-state index is 0.745. The topological polar surface area (TPSA) is 32.3 Å². The summed E-state index contributed by atoms with van der Waals surface area (Å²) in [6.45, 7) is 5.28. The SMILES string of the molecule is c1ccc(N2CCN(Cc3csc(C4CCCC4)n3)CC2)nc1. The third-order valence-electron chi connectivity index (χ3n) is 5.01. The van der Waals surface area contributed by atoms with E-state index in [1.54, 1.807) is 0 Å². The molecule has 2 aromatic heterocycles. The number of rotatable bonds is 4. The predicted octanol–water partition coefficient (Wildman–Crippen LogP) is 3.52. The number of nitrogens with zero attached hydrogens (tertiary/aromatic N) is 4. The Bertz CT molecular complexity index is 613. The predicted molar refractivity (Wildman–Crippen MR) is 95.1 cm³/mol. The van der Waals surface area contributed by atoms with Crippen molar-refractivity contribution < 1.29 is 0 Å². The van der Waals surface area contributed by atoms with E-state index in [0.29, 0.717) is 0 Å². The van der Waals surface area contributed by atoms with Gasteiger partial charge >= 0.3 is 0 Å². The zero-order chi connectivity index (χ0) is 15.5. The van der Waals surface area contributed by atoms with Gasteiger partial charge in [0.1, 0.15) is 5.82 Å². The van der Waals surface area contributed by atoms with Gasteiger partial charge in [0.2, 0.25) is 0 Å². The summed E-state index contributed by atoms with van der Waals surface area (Å²) >= 11 is 1.87. The largest absolute Gasteiger partial charge is 0.354 e. The van der Waals surface area contributed by atoms with Gasteiger partial charge in [0, 0.05) is 50.2 Å². The highest BCUT2D eigenvalue weighted by molar-refractivity contribution is 7.09. The molecular formula is C18H24N4S. The second-order valence-corrected chi connectivity index (χ2v) is 7.50. The summed E-state index contributed by atoms with van der Waals surface area (Å²) in [5.41, 5.74) is 1.27. The molecule has 122 valence electrons. The van der Waals surface area contributed by atoms with Crippen LogP contribution in [0.25, 0.3) is 0 Å². The Balaban J connectivity index is 1.31. The molecule has 4 rings (SSSR count). The minimum Gasteiger partial charge on any atom is -0.354 e. The van der Waals surface area contributed by atoms with E-state index in [1.807, 2.05) is 23.6 Å². The molecule has 0 unspecified atom stereocenters. The molecule has 0 atom stereocenters. The molecule has 4 nitrogen and oxygen atoms in total. The van der Waals surface area contributed by atoms with Gasteiger partial charge in [0.05, 0.1) is 10.7 Å². The van der Waals surface area contributed by atoms with Gasteiger partial charge in [-0.05, 0) is 25.0 Å². The van der Waals surface area contributed by atoms with Crippen LogP contribution in [0.1, 0.15) is 42.3 Å². The molecule has 3 heterocycles. The number of thiazole rings is 1. The van der Waals surface area contributed by atoms with Gasteiger partial charge < -0.3 is 4.90 Å². The summed E-state index contributed by atoms with van der Waals surface area (Å²) in [6, 6.07) is 6.14. The summed E-state index contributed by atoms with van der Waals surface area (Å²) in [4.78, 5) is 14.3. The van der Waals surface area contributed by atoms with Crippen molar-refractivity contribution in [1.29, 1.82) is 0 Å². The second-order valence-electron chi connectivity index (χ2n) is 6.61. The van der Waals surface area contributed by atoms with Crippen LogP contribution < -0.4 is 4.90 Å². The first kappa shape index (κ1) is 15.1. The zero-order valence-corrected chi connectivity index (χ0v) is 14.3. The van der Waals surface area contributed by atoms with Crippen LogP contribution in [0.4, 0.5) is 5.82 Å². The van der Waals surface area contributed by atoms with Crippen molar-refractivity contribution in [2.24, 2.45) is 0 Å². The van der Waals surface area contributed by atoms with Gasteiger partial charge in [0.15, 0.2) is 0 Å². The molecule has 2 fully saturated rings. The summed E-state index contributed by atoms with van der Waals surface area (Å²) in [7, 11) is 0. The third-order valence-corrected chi connectivity index (χ3v) is 6.06. The number of hydrogen-bond donors (Lipinski definition) is 0. The van der Waals surface area contributed by atoms with Crippen molar-refractivity contribution in [3.05, 3.63) is 40.5 Å². The van der Waals surface area contributed by atoms with Crippen LogP contribution in [0.2, 0.25) is 0 Å². The molecule has 1 saturated heterocycles. The smallest absolute Gasteiger partial charge is 0.128 e. The van der Waals surface area contributed by atoms with E-state index in [0.717, 1.165) is 44.5 Å². The average Bonchev–Trinajstić information content (AvgIpc) is 3.28. The highest BCUT2D eigenvalue weighted by Gasteiger charge is 2.22. The third kappa shape index (κ3) is 3.56. The lowest BCUT2D eigenvalue weighted by molar-refractivity contribution is 0.247. The molecule has 0 radical (unpaired) electrons. The van der Waals surface area contributed by atoms with Crippen molar-refractivity contribution in [3.63, 3.8) is 0 Å². The van der Waals surface area contributed by atoms with Crippen molar-refractivity contribution >= 4 is 17.2 Å². The number of pyridine rings is 1. The molecule has 1 aliphatic carbocycles. The molecule has 0 amide bonds. The summed E-state index contributed by atoms with van der Waals surface area (Å²) in [5.74, 6) is 1.85. The maximum absolute atomic E-state index is 4.91. The summed E-state index contributed by atoms with van der Waals surface area (Å²) < 4.78 is 0. The lowest BCUT2D eigenvalue weighted by Crippen LogP contribution is -2.46. The maximum Gasteiger partial charge on any atom is 0.128 e.